The van der Waals surface area contributed by atoms with Crippen LogP contribution in [-0.4, -0.2) is 31.4 Å². The Hall–Kier alpha value is -3.97. The monoisotopic (exact) mass is 507 g/mol. The summed E-state index contributed by atoms with van der Waals surface area (Å²) in [6.07, 6.45) is 0.729. The molecule has 0 atom stereocenters. The summed E-state index contributed by atoms with van der Waals surface area (Å²) in [4.78, 5) is 22.7. The number of rotatable bonds is 8. The van der Waals surface area contributed by atoms with E-state index in [1.54, 1.807) is 0 Å². The van der Waals surface area contributed by atoms with E-state index in [0.29, 0.717) is 11.7 Å². The Balaban J connectivity index is 1.50. The third-order valence-corrected chi connectivity index (χ3v) is 7.11. The molecule has 0 radical (unpaired) electrons. The van der Waals surface area contributed by atoms with Gasteiger partial charge in [0.2, 0.25) is 5.91 Å². The van der Waals surface area contributed by atoms with Crippen molar-refractivity contribution < 1.29 is 4.79 Å². The molecular formula is C30H29N5OS. The van der Waals surface area contributed by atoms with Gasteiger partial charge in [0.05, 0.1) is 22.5 Å². The predicted octanol–water partition coefficient (Wildman–Crippen LogP) is 6.90. The zero-order valence-electron chi connectivity index (χ0n) is 21.2. The van der Waals surface area contributed by atoms with E-state index in [-0.39, 0.29) is 11.7 Å². The van der Waals surface area contributed by atoms with E-state index in [2.05, 4.69) is 38.2 Å². The molecule has 0 bridgehead atoms. The first-order valence-electron chi connectivity index (χ1n) is 12.5. The highest BCUT2D eigenvalue weighted by Crippen LogP contribution is 2.32. The molecule has 0 spiro atoms. The van der Waals surface area contributed by atoms with Gasteiger partial charge >= 0.3 is 0 Å². The fraction of sp³-hybridized carbons (Fsp3) is 0.200. The summed E-state index contributed by atoms with van der Waals surface area (Å²) in [7, 11) is 0. The molecule has 2 heterocycles. The van der Waals surface area contributed by atoms with Crippen LogP contribution in [0.4, 0.5) is 5.69 Å². The van der Waals surface area contributed by atoms with Crippen molar-refractivity contribution in [3.05, 3.63) is 96.2 Å². The average Bonchev–Trinajstić information content (AvgIpc) is 3.32. The van der Waals surface area contributed by atoms with Gasteiger partial charge in [0, 0.05) is 11.3 Å². The molecule has 0 aliphatic heterocycles. The first-order valence-corrected chi connectivity index (χ1v) is 13.4. The molecule has 1 N–H and O–H groups in total. The topological polar surface area (TPSA) is 72.7 Å². The number of hydrogen-bond donors (Lipinski definition) is 1. The molecule has 0 unspecified atom stereocenters. The molecular weight excluding hydrogens is 478 g/mol. The van der Waals surface area contributed by atoms with E-state index in [1.165, 1.54) is 17.3 Å². The molecule has 5 aromatic rings. The summed E-state index contributed by atoms with van der Waals surface area (Å²) in [6, 6.07) is 27.9. The molecule has 1 amide bonds. The van der Waals surface area contributed by atoms with Gasteiger partial charge in [-0.25, -0.2) is 14.6 Å². The second-order valence-electron chi connectivity index (χ2n) is 9.08. The van der Waals surface area contributed by atoms with E-state index >= 15 is 0 Å². The summed E-state index contributed by atoms with van der Waals surface area (Å²) in [5.41, 5.74) is 5.53. The normalized spacial score (nSPS) is 11.2. The van der Waals surface area contributed by atoms with Gasteiger partial charge in [-0.05, 0) is 42.2 Å². The van der Waals surface area contributed by atoms with E-state index < -0.39 is 0 Å². The standard InChI is InChI=1S/C30H29N5OS/c1-4-25-27-29(35(34-25)24-13-9-6-10-14-24)32-28(22-11-7-5-8-12-22)33-30(27)37-19-26(36)31-23-17-15-21(16-18-23)20(2)3/h5-18,20H,4,19H2,1-3H3,(H,31,36). The first kappa shape index (κ1) is 24.7. The molecule has 0 aliphatic rings. The fourth-order valence-electron chi connectivity index (χ4n) is 4.15. The summed E-state index contributed by atoms with van der Waals surface area (Å²) in [5, 5.41) is 9.55. The first-order chi connectivity index (χ1) is 18.0. The van der Waals surface area contributed by atoms with E-state index in [1.807, 2.05) is 77.5 Å². The van der Waals surface area contributed by atoms with Crippen molar-refractivity contribution in [2.24, 2.45) is 0 Å². The van der Waals surface area contributed by atoms with Crippen molar-refractivity contribution in [2.75, 3.05) is 11.1 Å². The van der Waals surface area contributed by atoms with E-state index in [9.17, 15) is 4.79 Å². The maximum absolute atomic E-state index is 12.9. The third-order valence-electron chi connectivity index (χ3n) is 6.14. The lowest BCUT2D eigenvalue weighted by atomic mass is 10.0. The third kappa shape index (κ3) is 5.42. The Labute approximate surface area is 221 Å². The summed E-state index contributed by atoms with van der Waals surface area (Å²) >= 11 is 1.42. The van der Waals surface area contributed by atoms with Crippen LogP contribution in [-0.2, 0) is 11.2 Å². The zero-order chi connectivity index (χ0) is 25.8. The van der Waals surface area contributed by atoms with Crippen LogP contribution in [0, 0.1) is 0 Å². The quantitative estimate of drug-likeness (QED) is 0.183. The number of amides is 1. The van der Waals surface area contributed by atoms with Crippen molar-refractivity contribution in [3.8, 4) is 17.1 Å². The maximum atomic E-state index is 12.9. The van der Waals surface area contributed by atoms with Gasteiger partial charge in [-0.2, -0.15) is 5.10 Å². The number of nitrogens with one attached hydrogen (secondary N) is 1. The van der Waals surface area contributed by atoms with Crippen LogP contribution < -0.4 is 5.32 Å². The minimum absolute atomic E-state index is 0.0798. The number of thioether (sulfide) groups is 1. The van der Waals surface area contributed by atoms with E-state index in [4.69, 9.17) is 15.1 Å². The molecule has 0 saturated heterocycles. The second kappa shape index (κ2) is 11.0. The molecule has 37 heavy (non-hydrogen) atoms. The van der Waals surface area contributed by atoms with Crippen molar-refractivity contribution in [1.29, 1.82) is 0 Å². The van der Waals surface area contributed by atoms with Crippen LogP contribution >= 0.6 is 11.8 Å². The minimum Gasteiger partial charge on any atom is -0.325 e. The van der Waals surface area contributed by atoms with Crippen LogP contribution in [0.5, 0.6) is 0 Å². The van der Waals surface area contributed by atoms with Gasteiger partial charge in [-0.3, -0.25) is 4.79 Å². The number of aromatic nitrogens is 4. The molecule has 0 aliphatic carbocycles. The molecule has 3 aromatic carbocycles. The number of nitrogens with zero attached hydrogens (tertiary/aromatic N) is 4. The Kier molecular flexibility index (Phi) is 7.32. The second-order valence-corrected chi connectivity index (χ2v) is 10.0. The summed E-state index contributed by atoms with van der Waals surface area (Å²) in [6.45, 7) is 6.38. The smallest absolute Gasteiger partial charge is 0.234 e. The van der Waals surface area contributed by atoms with Gasteiger partial charge in [-0.1, -0.05) is 93.2 Å². The van der Waals surface area contributed by atoms with Crippen LogP contribution in [0.2, 0.25) is 0 Å². The zero-order valence-corrected chi connectivity index (χ0v) is 22.0. The largest absolute Gasteiger partial charge is 0.325 e. The minimum atomic E-state index is -0.0798. The van der Waals surface area contributed by atoms with Crippen molar-refractivity contribution in [1.82, 2.24) is 19.7 Å². The molecule has 0 fully saturated rings. The van der Waals surface area contributed by atoms with Crippen LogP contribution in [0.3, 0.4) is 0 Å². The van der Waals surface area contributed by atoms with Crippen molar-refractivity contribution in [3.63, 3.8) is 0 Å². The molecule has 0 saturated carbocycles. The lowest BCUT2D eigenvalue weighted by molar-refractivity contribution is -0.113. The molecule has 2 aromatic heterocycles. The van der Waals surface area contributed by atoms with Crippen LogP contribution in [0.1, 0.15) is 37.9 Å². The Morgan fingerprint density at radius 3 is 2.24 bits per heavy atom. The lowest BCUT2D eigenvalue weighted by Crippen LogP contribution is -2.14. The van der Waals surface area contributed by atoms with Gasteiger partial charge in [0.25, 0.3) is 0 Å². The van der Waals surface area contributed by atoms with Gasteiger partial charge in [0.15, 0.2) is 11.5 Å². The van der Waals surface area contributed by atoms with Crippen molar-refractivity contribution in [2.45, 2.75) is 38.1 Å². The Morgan fingerprint density at radius 1 is 0.919 bits per heavy atom. The number of fused-ring (bicyclic) bond motifs is 1. The molecule has 5 rings (SSSR count). The highest BCUT2D eigenvalue weighted by Gasteiger charge is 2.20. The SMILES string of the molecule is CCc1nn(-c2ccccc2)c2nc(-c3ccccc3)nc(SCC(=O)Nc3ccc(C(C)C)cc3)c12. The highest BCUT2D eigenvalue weighted by atomic mass is 32.2. The maximum Gasteiger partial charge on any atom is 0.234 e. The average molecular weight is 508 g/mol. The van der Waals surface area contributed by atoms with Crippen LogP contribution in [0.15, 0.2) is 90.0 Å². The van der Waals surface area contributed by atoms with Crippen molar-refractivity contribution >= 4 is 34.4 Å². The number of para-hydroxylation sites is 1. The number of aryl methyl sites for hydroxylation is 1. The lowest BCUT2D eigenvalue weighted by Gasteiger charge is -2.10. The molecule has 6 nitrogen and oxygen atoms in total. The number of carbonyl (C=O) groups excluding carboxylic acids is 1. The van der Waals surface area contributed by atoms with Gasteiger partial charge < -0.3 is 5.32 Å². The van der Waals surface area contributed by atoms with E-state index in [0.717, 1.165) is 45.1 Å². The summed E-state index contributed by atoms with van der Waals surface area (Å²) in [5.74, 6) is 1.21. The van der Waals surface area contributed by atoms with Gasteiger partial charge in [-0.15, -0.1) is 0 Å². The molecule has 7 heteroatoms. The highest BCUT2D eigenvalue weighted by molar-refractivity contribution is 8.00. The summed E-state index contributed by atoms with van der Waals surface area (Å²) < 4.78 is 1.88. The van der Waals surface area contributed by atoms with Crippen LogP contribution in [0.25, 0.3) is 28.1 Å². The number of anilines is 1. The molecule has 186 valence electrons. The fourth-order valence-corrected chi connectivity index (χ4v) is 5.00. The predicted molar refractivity (Wildman–Crippen MR) is 151 cm³/mol. The number of carbonyl (C=O) groups is 1. The number of hydrogen-bond acceptors (Lipinski definition) is 5. The Morgan fingerprint density at radius 2 is 1.59 bits per heavy atom. The number of benzene rings is 3. The Bertz CT molecular complexity index is 1510. The van der Waals surface area contributed by atoms with Gasteiger partial charge in [0.1, 0.15) is 5.03 Å².